The molecule has 0 radical (unpaired) electrons. The van der Waals surface area contributed by atoms with E-state index in [1.807, 2.05) is 24.3 Å². The molecule has 21 heavy (non-hydrogen) atoms. The fourth-order valence-electron chi connectivity index (χ4n) is 1.95. The molecule has 1 atom stereocenters. The van der Waals surface area contributed by atoms with E-state index in [2.05, 4.69) is 20.6 Å². The summed E-state index contributed by atoms with van der Waals surface area (Å²) in [7, 11) is 3.42. The summed E-state index contributed by atoms with van der Waals surface area (Å²) in [6.07, 6.45) is 1.26. The highest BCUT2D eigenvalue weighted by molar-refractivity contribution is 6.32. The SMILES string of the molecule is CNc1c(Cl)ncnc1NCC(OC)c1cccc(Cl)c1. The number of halogens is 2. The molecule has 0 aliphatic rings. The van der Waals surface area contributed by atoms with Crippen molar-refractivity contribution in [3.05, 3.63) is 46.3 Å². The van der Waals surface area contributed by atoms with Crippen LogP contribution in [0.2, 0.25) is 10.2 Å². The zero-order chi connectivity index (χ0) is 15.2. The third-order valence-corrected chi connectivity index (χ3v) is 3.53. The van der Waals surface area contributed by atoms with E-state index in [-0.39, 0.29) is 6.10 Å². The maximum Gasteiger partial charge on any atom is 0.157 e. The number of anilines is 2. The lowest BCUT2D eigenvalue weighted by Gasteiger charge is -2.18. The van der Waals surface area contributed by atoms with Gasteiger partial charge in [0.15, 0.2) is 11.0 Å². The van der Waals surface area contributed by atoms with Crippen LogP contribution < -0.4 is 10.6 Å². The van der Waals surface area contributed by atoms with Crippen LogP contribution in [-0.2, 0) is 4.74 Å². The maximum atomic E-state index is 6.01. The molecular formula is C14H16Cl2N4O. The fourth-order valence-corrected chi connectivity index (χ4v) is 2.38. The lowest BCUT2D eigenvalue weighted by molar-refractivity contribution is 0.114. The van der Waals surface area contributed by atoms with Gasteiger partial charge < -0.3 is 15.4 Å². The molecule has 0 fully saturated rings. The Morgan fingerprint density at radius 2 is 2.10 bits per heavy atom. The molecule has 7 heteroatoms. The molecule has 112 valence electrons. The van der Waals surface area contributed by atoms with Crippen LogP contribution in [0, 0.1) is 0 Å². The van der Waals surface area contributed by atoms with E-state index in [1.54, 1.807) is 14.2 Å². The van der Waals surface area contributed by atoms with Gasteiger partial charge in [0.05, 0.1) is 6.10 Å². The number of aromatic nitrogens is 2. The Morgan fingerprint density at radius 1 is 1.29 bits per heavy atom. The highest BCUT2D eigenvalue weighted by Crippen LogP contribution is 2.27. The van der Waals surface area contributed by atoms with Crippen molar-refractivity contribution in [2.24, 2.45) is 0 Å². The Bertz CT molecular complexity index is 609. The average Bonchev–Trinajstić information content (AvgIpc) is 2.48. The zero-order valence-corrected chi connectivity index (χ0v) is 13.2. The molecule has 1 unspecified atom stereocenters. The van der Waals surface area contributed by atoms with Crippen molar-refractivity contribution in [3.8, 4) is 0 Å². The van der Waals surface area contributed by atoms with Crippen molar-refractivity contribution in [1.29, 1.82) is 0 Å². The molecule has 0 aliphatic carbocycles. The van der Waals surface area contributed by atoms with E-state index in [9.17, 15) is 0 Å². The lowest BCUT2D eigenvalue weighted by atomic mass is 10.1. The Kier molecular flexibility index (Phi) is 5.61. The van der Waals surface area contributed by atoms with Gasteiger partial charge in [-0.3, -0.25) is 0 Å². The highest BCUT2D eigenvalue weighted by Gasteiger charge is 2.13. The molecule has 2 rings (SSSR count). The van der Waals surface area contributed by atoms with Crippen LogP contribution in [0.1, 0.15) is 11.7 Å². The molecular weight excluding hydrogens is 311 g/mol. The minimum absolute atomic E-state index is 0.151. The predicted molar refractivity (Wildman–Crippen MR) is 86.3 cm³/mol. The van der Waals surface area contributed by atoms with Gasteiger partial charge in [0.1, 0.15) is 12.0 Å². The van der Waals surface area contributed by atoms with Crippen LogP contribution in [0.15, 0.2) is 30.6 Å². The summed E-state index contributed by atoms with van der Waals surface area (Å²) in [6.45, 7) is 0.527. The number of nitrogens with zero attached hydrogens (tertiary/aromatic N) is 2. The van der Waals surface area contributed by atoms with E-state index in [4.69, 9.17) is 27.9 Å². The van der Waals surface area contributed by atoms with Crippen molar-refractivity contribution < 1.29 is 4.74 Å². The quantitative estimate of drug-likeness (QED) is 0.794. The van der Waals surface area contributed by atoms with Crippen LogP contribution in [0.5, 0.6) is 0 Å². The van der Waals surface area contributed by atoms with Gasteiger partial charge in [-0.05, 0) is 17.7 Å². The predicted octanol–water partition coefficient (Wildman–Crippen LogP) is 3.62. The Labute approximate surface area is 133 Å². The van der Waals surface area contributed by atoms with E-state index in [1.165, 1.54) is 6.33 Å². The second-order valence-electron chi connectivity index (χ2n) is 4.30. The topological polar surface area (TPSA) is 59.1 Å². The van der Waals surface area contributed by atoms with Crippen LogP contribution in [0.25, 0.3) is 0 Å². The molecule has 5 nitrogen and oxygen atoms in total. The highest BCUT2D eigenvalue weighted by atomic mass is 35.5. The first-order valence-electron chi connectivity index (χ1n) is 6.36. The molecule has 0 amide bonds. The summed E-state index contributed by atoms with van der Waals surface area (Å²) in [4.78, 5) is 8.11. The van der Waals surface area contributed by atoms with E-state index < -0.39 is 0 Å². The normalized spacial score (nSPS) is 12.0. The zero-order valence-electron chi connectivity index (χ0n) is 11.7. The monoisotopic (exact) mass is 326 g/mol. The molecule has 1 aromatic carbocycles. The van der Waals surface area contributed by atoms with Gasteiger partial charge in [0.2, 0.25) is 0 Å². The summed E-state index contributed by atoms with van der Waals surface area (Å²) >= 11 is 12.0. The smallest absolute Gasteiger partial charge is 0.157 e. The number of ether oxygens (including phenoxy) is 1. The van der Waals surface area contributed by atoms with E-state index >= 15 is 0 Å². The van der Waals surface area contributed by atoms with Crippen LogP contribution in [-0.4, -0.2) is 30.7 Å². The van der Waals surface area contributed by atoms with Crippen LogP contribution in [0.4, 0.5) is 11.5 Å². The molecule has 0 aliphatic heterocycles. The molecule has 0 spiro atoms. The second kappa shape index (κ2) is 7.45. The summed E-state index contributed by atoms with van der Waals surface area (Å²) in [5, 5.41) is 7.22. The number of methoxy groups -OCH3 is 1. The summed E-state index contributed by atoms with van der Waals surface area (Å²) < 4.78 is 5.50. The van der Waals surface area contributed by atoms with Crippen LogP contribution >= 0.6 is 23.2 Å². The lowest BCUT2D eigenvalue weighted by Crippen LogP contribution is -2.16. The number of rotatable bonds is 6. The van der Waals surface area contributed by atoms with Gasteiger partial charge in [-0.15, -0.1) is 0 Å². The van der Waals surface area contributed by atoms with Crippen molar-refractivity contribution in [3.63, 3.8) is 0 Å². The molecule has 0 saturated heterocycles. The Hall–Kier alpha value is -1.56. The maximum absolute atomic E-state index is 6.01. The third kappa shape index (κ3) is 3.97. The van der Waals surface area contributed by atoms with Crippen LogP contribution in [0.3, 0.4) is 0 Å². The molecule has 1 aromatic heterocycles. The van der Waals surface area contributed by atoms with Crippen molar-refractivity contribution >= 4 is 34.7 Å². The first kappa shape index (κ1) is 15.8. The van der Waals surface area contributed by atoms with Crippen molar-refractivity contribution in [2.75, 3.05) is 31.3 Å². The van der Waals surface area contributed by atoms with Gasteiger partial charge in [-0.1, -0.05) is 35.3 Å². The molecule has 0 saturated carbocycles. The average molecular weight is 327 g/mol. The standard InChI is InChI=1S/C14H16Cl2N4O/c1-17-12-13(16)19-8-20-14(12)18-7-11(21-2)9-4-3-5-10(15)6-9/h3-6,8,11,17H,7H2,1-2H3,(H,18,19,20). The molecule has 2 aromatic rings. The minimum Gasteiger partial charge on any atom is -0.383 e. The third-order valence-electron chi connectivity index (χ3n) is 3.01. The van der Waals surface area contributed by atoms with E-state index in [0.717, 1.165) is 5.56 Å². The fraction of sp³-hybridized carbons (Fsp3) is 0.286. The summed E-state index contributed by atoms with van der Waals surface area (Å²) in [5.41, 5.74) is 1.64. The number of hydrogen-bond acceptors (Lipinski definition) is 5. The van der Waals surface area contributed by atoms with Gasteiger partial charge in [-0.2, -0.15) is 0 Å². The Morgan fingerprint density at radius 3 is 2.76 bits per heavy atom. The van der Waals surface area contributed by atoms with Crippen molar-refractivity contribution in [2.45, 2.75) is 6.10 Å². The summed E-state index contributed by atoms with van der Waals surface area (Å²) in [5.74, 6) is 0.626. The van der Waals surface area contributed by atoms with Crippen molar-refractivity contribution in [1.82, 2.24) is 9.97 Å². The summed E-state index contributed by atoms with van der Waals surface area (Å²) in [6, 6.07) is 7.57. The van der Waals surface area contributed by atoms with Gasteiger partial charge in [0, 0.05) is 25.7 Å². The molecule has 1 heterocycles. The largest absolute Gasteiger partial charge is 0.383 e. The minimum atomic E-state index is -0.151. The second-order valence-corrected chi connectivity index (χ2v) is 5.09. The number of benzene rings is 1. The van der Waals surface area contributed by atoms with E-state index in [0.29, 0.717) is 28.2 Å². The number of nitrogens with one attached hydrogen (secondary N) is 2. The first-order valence-corrected chi connectivity index (χ1v) is 7.11. The first-order chi connectivity index (χ1) is 10.2. The van der Waals surface area contributed by atoms with Gasteiger partial charge in [-0.25, -0.2) is 9.97 Å². The Balaban J connectivity index is 2.12. The molecule has 2 N–H and O–H groups in total. The number of hydrogen-bond donors (Lipinski definition) is 2. The molecule has 0 bridgehead atoms. The van der Waals surface area contributed by atoms with Gasteiger partial charge in [0.25, 0.3) is 0 Å². The van der Waals surface area contributed by atoms with Gasteiger partial charge >= 0.3 is 0 Å².